The van der Waals surface area contributed by atoms with Gasteiger partial charge >= 0.3 is 0 Å². The third-order valence-corrected chi connectivity index (χ3v) is 5.60. The third kappa shape index (κ3) is 7.19. The normalized spacial score (nSPS) is 14.5. The Bertz CT molecular complexity index is 803. The minimum Gasteiger partial charge on any atom is -0.379 e. The number of carbonyl (C=O) groups is 2. The van der Waals surface area contributed by atoms with Crippen molar-refractivity contribution in [2.24, 2.45) is 0 Å². The molecule has 0 aliphatic carbocycles. The summed E-state index contributed by atoms with van der Waals surface area (Å²) in [5, 5.41) is 14.9. The van der Waals surface area contributed by atoms with Crippen molar-refractivity contribution in [3.05, 3.63) is 39.8 Å². The van der Waals surface area contributed by atoms with Crippen LogP contribution in [-0.4, -0.2) is 66.3 Å². The minimum absolute atomic E-state index is 0.0418. The van der Waals surface area contributed by atoms with Gasteiger partial charge in [0.25, 0.3) is 5.91 Å². The van der Waals surface area contributed by atoms with E-state index < -0.39 is 0 Å². The van der Waals surface area contributed by atoms with Crippen molar-refractivity contribution in [1.82, 2.24) is 20.4 Å². The lowest BCUT2D eigenvalue weighted by atomic mass is 10.2. The number of hydrogen-bond donors (Lipinski definition) is 2. The molecule has 1 saturated heterocycles. The minimum atomic E-state index is -0.265. The smallest absolute Gasteiger partial charge is 0.286 e. The Morgan fingerprint density at radius 3 is 2.69 bits per heavy atom. The third-order valence-electron chi connectivity index (χ3n) is 4.62. The predicted octanol–water partition coefficient (Wildman–Crippen LogP) is 1.87. The number of nitrogens with one attached hydrogen (secondary N) is 2. The number of ether oxygens (including phenoxy) is 1. The number of benzene rings is 1. The maximum atomic E-state index is 12.3. The summed E-state index contributed by atoms with van der Waals surface area (Å²) in [4.78, 5) is 26.5. The van der Waals surface area contributed by atoms with Crippen LogP contribution in [0.15, 0.2) is 24.3 Å². The summed E-state index contributed by atoms with van der Waals surface area (Å²) in [7, 11) is 0. The molecule has 1 aliphatic rings. The number of carbonyl (C=O) groups excluding carboxylic acids is 2. The van der Waals surface area contributed by atoms with Gasteiger partial charge in [-0.3, -0.25) is 14.5 Å². The molecule has 29 heavy (non-hydrogen) atoms. The summed E-state index contributed by atoms with van der Waals surface area (Å²) in [6.07, 6.45) is 1.75. The lowest BCUT2D eigenvalue weighted by Gasteiger charge is -2.26. The van der Waals surface area contributed by atoms with Crippen molar-refractivity contribution in [3.63, 3.8) is 0 Å². The standard InChI is InChI=1S/C20H27N5O3S/c1-15-5-7-16(8-6-15)22-19(27)20-24-23-18(29-20)4-2-3-17(26)21-9-10-25-11-13-28-14-12-25/h5-8H,2-4,9-14H2,1H3,(H,21,26)(H,22,27). The molecule has 1 aromatic heterocycles. The van der Waals surface area contributed by atoms with Gasteiger partial charge in [-0.25, -0.2) is 0 Å². The fraction of sp³-hybridized carbons (Fsp3) is 0.500. The fourth-order valence-corrected chi connectivity index (χ4v) is 3.71. The molecule has 0 bridgehead atoms. The van der Waals surface area contributed by atoms with Gasteiger partial charge < -0.3 is 15.4 Å². The SMILES string of the molecule is Cc1ccc(NC(=O)c2nnc(CCCC(=O)NCCN3CCOCC3)s2)cc1. The predicted molar refractivity (Wildman–Crippen MR) is 112 cm³/mol. The van der Waals surface area contributed by atoms with Crippen LogP contribution in [0.1, 0.15) is 33.2 Å². The van der Waals surface area contributed by atoms with Crippen LogP contribution in [0.3, 0.4) is 0 Å². The molecule has 2 heterocycles. The van der Waals surface area contributed by atoms with Crippen LogP contribution in [0.5, 0.6) is 0 Å². The van der Waals surface area contributed by atoms with Crippen LogP contribution in [0.2, 0.25) is 0 Å². The molecule has 1 aliphatic heterocycles. The molecule has 156 valence electrons. The molecule has 9 heteroatoms. The highest BCUT2D eigenvalue weighted by Crippen LogP contribution is 2.15. The Balaban J connectivity index is 1.33. The molecule has 2 N–H and O–H groups in total. The number of amides is 2. The number of hydrogen-bond acceptors (Lipinski definition) is 7. The van der Waals surface area contributed by atoms with Gasteiger partial charge in [0.2, 0.25) is 10.9 Å². The van der Waals surface area contributed by atoms with E-state index in [1.165, 1.54) is 11.3 Å². The Kier molecular flexibility index (Phi) is 8.09. The van der Waals surface area contributed by atoms with Crippen molar-refractivity contribution in [2.45, 2.75) is 26.2 Å². The van der Waals surface area contributed by atoms with Gasteiger partial charge in [0, 0.05) is 44.7 Å². The first-order chi connectivity index (χ1) is 14.1. The number of anilines is 1. The molecular formula is C20H27N5O3S. The molecule has 0 spiro atoms. The average molecular weight is 418 g/mol. The van der Waals surface area contributed by atoms with E-state index >= 15 is 0 Å². The summed E-state index contributed by atoms with van der Waals surface area (Å²) >= 11 is 1.27. The van der Waals surface area contributed by atoms with Gasteiger partial charge in [-0.15, -0.1) is 10.2 Å². The molecule has 2 amide bonds. The maximum absolute atomic E-state index is 12.3. The molecule has 0 saturated carbocycles. The van der Waals surface area contributed by atoms with Gasteiger partial charge in [-0.1, -0.05) is 29.0 Å². The molecule has 0 unspecified atom stereocenters. The van der Waals surface area contributed by atoms with Gasteiger partial charge in [0.15, 0.2) is 0 Å². The van der Waals surface area contributed by atoms with E-state index in [1.807, 2.05) is 31.2 Å². The van der Waals surface area contributed by atoms with Crippen molar-refractivity contribution in [3.8, 4) is 0 Å². The summed E-state index contributed by atoms with van der Waals surface area (Å²) in [5.74, 6) is -0.224. The fourth-order valence-electron chi connectivity index (χ4n) is 2.93. The van der Waals surface area contributed by atoms with E-state index in [0.29, 0.717) is 30.8 Å². The summed E-state index contributed by atoms with van der Waals surface area (Å²) in [6.45, 7) is 6.88. The monoisotopic (exact) mass is 417 g/mol. The summed E-state index contributed by atoms with van der Waals surface area (Å²) in [5.41, 5.74) is 1.86. The molecule has 0 radical (unpaired) electrons. The number of rotatable bonds is 9. The van der Waals surface area contributed by atoms with Gasteiger partial charge in [0.05, 0.1) is 13.2 Å². The second kappa shape index (κ2) is 11.0. The van der Waals surface area contributed by atoms with Crippen LogP contribution in [-0.2, 0) is 16.0 Å². The second-order valence-corrected chi connectivity index (χ2v) is 8.04. The van der Waals surface area contributed by atoms with Gasteiger partial charge in [-0.05, 0) is 25.5 Å². The first-order valence-corrected chi connectivity index (χ1v) is 10.7. The van der Waals surface area contributed by atoms with Crippen LogP contribution < -0.4 is 10.6 Å². The van der Waals surface area contributed by atoms with Gasteiger partial charge in [-0.2, -0.15) is 0 Å². The number of aryl methyl sites for hydroxylation is 2. The van der Waals surface area contributed by atoms with E-state index in [1.54, 1.807) is 0 Å². The lowest BCUT2D eigenvalue weighted by Crippen LogP contribution is -2.41. The van der Waals surface area contributed by atoms with Gasteiger partial charge in [0.1, 0.15) is 5.01 Å². The second-order valence-electron chi connectivity index (χ2n) is 6.98. The Labute approximate surface area is 174 Å². The van der Waals surface area contributed by atoms with E-state index in [9.17, 15) is 9.59 Å². The van der Waals surface area contributed by atoms with E-state index in [2.05, 4.69) is 25.7 Å². The molecule has 1 fully saturated rings. The molecular weight excluding hydrogens is 390 g/mol. The number of nitrogens with zero attached hydrogens (tertiary/aromatic N) is 3. The van der Waals surface area contributed by atoms with Crippen LogP contribution in [0.25, 0.3) is 0 Å². The van der Waals surface area contributed by atoms with Crippen molar-refractivity contribution >= 4 is 28.8 Å². The van der Waals surface area contributed by atoms with Crippen LogP contribution in [0.4, 0.5) is 5.69 Å². The van der Waals surface area contributed by atoms with E-state index in [4.69, 9.17) is 4.74 Å². The largest absolute Gasteiger partial charge is 0.379 e. The molecule has 0 atom stereocenters. The van der Waals surface area contributed by atoms with Crippen molar-refractivity contribution in [2.75, 3.05) is 44.7 Å². The summed E-state index contributed by atoms with van der Waals surface area (Å²) in [6, 6.07) is 7.58. The average Bonchev–Trinajstić information content (AvgIpc) is 3.20. The quantitative estimate of drug-likeness (QED) is 0.647. The van der Waals surface area contributed by atoms with Crippen molar-refractivity contribution in [1.29, 1.82) is 0 Å². The zero-order valence-electron chi connectivity index (χ0n) is 16.6. The molecule has 2 aromatic rings. The van der Waals surface area contributed by atoms with E-state index in [-0.39, 0.29) is 11.8 Å². The maximum Gasteiger partial charge on any atom is 0.286 e. The highest BCUT2D eigenvalue weighted by molar-refractivity contribution is 7.13. The van der Waals surface area contributed by atoms with E-state index in [0.717, 1.165) is 49.1 Å². The lowest BCUT2D eigenvalue weighted by molar-refractivity contribution is -0.121. The van der Waals surface area contributed by atoms with Crippen LogP contribution in [0, 0.1) is 6.92 Å². The topological polar surface area (TPSA) is 96.5 Å². The highest BCUT2D eigenvalue weighted by atomic mass is 32.1. The summed E-state index contributed by atoms with van der Waals surface area (Å²) < 4.78 is 5.31. The number of aromatic nitrogens is 2. The zero-order valence-corrected chi connectivity index (χ0v) is 17.5. The number of morpholine rings is 1. The van der Waals surface area contributed by atoms with Crippen LogP contribution >= 0.6 is 11.3 Å². The van der Waals surface area contributed by atoms with Crippen molar-refractivity contribution < 1.29 is 14.3 Å². The molecule has 8 nitrogen and oxygen atoms in total. The molecule has 1 aromatic carbocycles. The Morgan fingerprint density at radius 2 is 1.93 bits per heavy atom. The Morgan fingerprint density at radius 1 is 1.17 bits per heavy atom. The first-order valence-electron chi connectivity index (χ1n) is 9.87. The Hall–Kier alpha value is -2.36. The first kappa shape index (κ1) is 21.4. The molecule has 3 rings (SSSR count). The zero-order chi connectivity index (χ0) is 20.5. The highest BCUT2D eigenvalue weighted by Gasteiger charge is 2.14.